The van der Waals surface area contributed by atoms with Crippen LogP contribution in [0.5, 0.6) is 0 Å². The first-order valence-corrected chi connectivity index (χ1v) is 4.41. The molecule has 0 heterocycles. The molecular formula is C9H19NO2. The Labute approximate surface area is 73.9 Å². The first kappa shape index (κ1) is 11.6. The van der Waals surface area contributed by atoms with Gasteiger partial charge >= 0.3 is 0 Å². The van der Waals surface area contributed by atoms with E-state index >= 15 is 0 Å². The Bertz CT molecular complexity index is 126. The molecule has 0 bridgehead atoms. The van der Waals surface area contributed by atoms with E-state index in [2.05, 4.69) is 0 Å². The standard InChI is InChI=1S/C9H19NO2/c1-7(2)8(6-11)9(12)4-3-5-10/h5,7-12H,3-4,6H2,1-2H3/t8-,9-/m1/s1. The lowest BCUT2D eigenvalue weighted by atomic mass is 9.89. The first-order chi connectivity index (χ1) is 5.63. The zero-order valence-electron chi connectivity index (χ0n) is 7.83. The van der Waals surface area contributed by atoms with Gasteiger partial charge in [0, 0.05) is 12.5 Å². The Balaban J connectivity index is 3.84. The average Bonchev–Trinajstić information content (AvgIpc) is 2.01. The highest BCUT2D eigenvalue weighted by atomic mass is 16.3. The highest BCUT2D eigenvalue weighted by Crippen LogP contribution is 2.17. The van der Waals surface area contributed by atoms with Crippen molar-refractivity contribution in [1.29, 1.82) is 5.41 Å². The summed E-state index contributed by atoms with van der Waals surface area (Å²) < 4.78 is 0. The molecule has 12 heavy (non-hydrogen) atoms. The minimum absolute atomic E-state index is 0.0246. The monoisotopic (exact) mass is 173 g/mol. The van der Waals surface area contributed by atoms with Crippen LogP contribution in [-0.4, -0.2) is 29.1 Å². The summed E-state index contributed by atoms with van der Waals surface area (Å²) in [6.07, 6.45) is 1.98. The van der Waals surface area contributed by atoms with Gasteiger partial charge in [0.15, 0.2) is 0 Å². The molecule has 0 saturated heterocycles. The van der Waals surface area contributed by atoms with Gasteiger partial charge in [0.25, 0.3) is 0 Å². The first-order valence-electron chi connectivity index (χ1n) is 4.41. The van der Waals surface area contributed by atoms with Crippen molar-refractivity contribution in [3.63, 3.8) is 0 Å². The minimum Gasteiger partial charge on any atom is -0.396 e. The smallest absolute Gasteiger partial charge is 0.0596 e. The van der Waals surface area contributed by atoms with Crippen molar-refractivity contribution in [2.24, 2.45) is 11.8 Å². The summed E-state index contributed by atoms with van der Waals surface area (Å²) in [7, 11) is 0. The van der Waals surface area contributed by atoms with Gasteiger partial charge in [0.2, 0.25) is 0 Å². The van der Waals surface area contributed by atoms with Crippen LogP contribution in [-0.2, 0) is 0 Å². The van der Waals surface area contributed by atoms with Crippen molar-refractivity contribution in [3.05, 3.63) is 0 Å². The number of rotatable bonds is 6. The van der Waals surface area contributed by atoms with Crippen LogP contribution in [0, 0.1) is 17.2 Å². The summed E-state index contributed by atoms with van der Waals surface area (Å²) in [5, 5.41) is 25.3. The van der Waals surface area contributed by atoms with E-state index in [0.29, 0.717) is 12.8 Å². The van der Waals surface area contributed by atoms with Gasteiger partial charge in [0.05, 0.1) is 6.10 Å². The molecule has 0 aliphatic heterocycles. The summed E-state index contributed by atoms with van der Waals surface area (Å²) in [5.41, 5.74) is 0. The molecule has 0 spiro atoms. The van der Waals surface area contributed by atoms with Gasteiger partial charge in [-0.25, -0.2) is 0 Å². The van der Waals surface area contributed by atoms with Gasteiger partial charge in [0.1, 0.15) is 0 Å². The van der Waals surface area contributed by atoms with Gasteiger partial charge in [-0.3, -0.25) is 0 Å². The third-order valence-corrected chi connectivity index (χ3v) is 2.17. The number of hydrogen-bond donors (Lipinski definition) is 3. The fourth-order valence-corrected chi connectivity index (χ4v) is 1.24. The van der Waals surface area contributed by atoms with E-state index in [1.807, 2.05) is 13.8 Å². The molecule has 3 heteroatoms. The Morgan fingerprint density at radius 1 is 1.42 bits per heavy atom. The lowest BCUT2D eigenvalue weighted by Crippen LogP contribution is -2.28. The number of nitrogens with one attached hydrogen (secondary N) is 1. The van der Waals surface area contributed by atoms with E-state index in [-0.39, 0.29) is 18.4 Å². The van der Waals surface area contributed by atoms with Gasteiger partial charge in [-0.1, -0.05) is 13.8 Å². The van der Waals surface area contributed by atoms with Gasteiger partial charge in [-0.05, 0) is 25.0 Å². The number of aliphatic hydroxyl groups is 2. The van der Waals surface area contributed by atoms with E-state index in [4.69, 9.17) is 10.5 Å². The molecule has 0 aromatic rings. The van der Waals surface area contributed by atoms with Crippen LogP contribution in [0.1, 0.15) is 26.7 Å². The van der Waals surface area contributed by atoms with Crippen molar-refractivity contribution in [2.45, 2.75) is 32.8 Å². The Hall–Kier alpha value is -0.410. The fraction of sp³-hybridized carbons (Fsp3) is 0.889. The van der Waals surface area contributed by atoms with Crippen LogP contribution in [0.4, 0.5) is 0 Å². The maximum atomic E-state index is 9.55. The second-order valence-corrected chi connectivity index (χ2v) is 3.44. The van der Waals surface area contributed by atoms with Crippen molar-refractivity contribution in [3.8, 4) is 0 Å². The van der Waals surface area contributed by atoms with Crippen LogP contribution in [0.2, 0.25) is 0 Å². The van der Waals surface area contributed by atoms with Gasteiger partial charge in [-0.2, -0.15) is 0 Å². The van der Waals surface area contributed by atoms with Crippen molar-refractivity contribution in [1.82, 2.24) is 0 Å². The lowest BCUT2D eigenvalue weighted by molar-refractivity contribution is 0.0376. The van der Waals surface area contributed by atoms with Crippen LogP contribution >= 0.6 is 0 Å². The summed E-state index contributed by atoms with van der Waals surface area (Å²) in [4.78, 5) is 0. The summed E-state index contributed by atoms with van der Waals surface area (Å²) in [6, 6.07) is 0. The average molecular weight is 173 g/mol. The highest BCUT2D eigenvalue weighted by molar-refractivity contribution is 5.52. The Kier molecular flexibility index (Phi) is 5.93. The SMILES string of the molecule is CC(C)[C@@H](CO)[C@H](O)CCC=N. The topological polar surface area (TPSA) is 64.3 Å². The number of hydrogen-bond acceptors (Lipinski definition) is 3. The normalized spacial score (nSPS) is 16.1. The van der Waals surface area contributed by atoms with Crippen molar-refractivity contribution >= 4 is 6.21 Å². The minimum atomic E-state index is -0.475. The maximum Gasteiger partial charge on any atom is 0.0596 e. The molecule has 0 aromatic heterocycles. The third kappa shape index (κ3) is 3.83. The van der Waals surface area contributed by atoms with E-state index in [0.717, 1.165) is 0 Å². The molecule has 0 aliphatic rings. The van der Waals surface area contributed by atoms with Crippen LogP contribution in [0.15, 0.2) is 0 Å². The van der Waals surface area contributed by atoms with Crippen LogP contribution < -0.4 is 0 Å². The zero-order chi connectivity index (χ0) is 9.56. The zero-order valence-corrected chi connectivity index (χ0v) is 7.83. The molecule has 0 amide bonds. The molecule has 0 aliphatic carbocycles. The van der Waals surface area contributed by atoms with Crippen LogP contribution in [0.3, 0.4) is 0 Å². The van der Waals surface area contributed by atoms with Crippen molar-refractivity contribution in [2.75, 3.05) is 6.61 Å². The molecule has 0 aromatic carbocycles. The summed E-state index contributed by atoms with van der Waals surface area (Å²) in [6.45, 7) is 3.99. The highest BCUT2D eigenvalue weighted by Gasteiger charge is 2.20. The van der Waals surface area contributed by atoms with Gasteiger partial charge in [-0.15, -0.1) is 0 Å². The number of aliphatic hydroxyl groups excluding tert-OH is 2. The van der Waals surface area contributed by atoms with Crippen LogP contribution in [0.25, 0.3) is 0 Å². The predicted molar refractivity (Wildman–Crippen MR) is 49.4 cm³/mol. The summed E-state index contributed by atoms with van der Waals surface area (Å²) in [5.74, 6) is 0.237. The Morgan fingerprint density at radius 3 is 2.33 bits per heavy atom. The quantitative estimate of drug-likeness (QED) is 0.525. The Morgan fingerprint density at radius 2 is 2.00 bits per heavy atom. The summed E-state index contributed by atoms with van der Waals surface area (Å²) >= 11 is 0. The van der Waals surface area contributed by atoms with E-state index < -0.39 is 6.10 Å². The molecule has 72 valence electrons. The second kappa shape index (κ2) is 6.14. The second-order valence-electron chi connectivity index (χ2n) is 3.44. The third-order valence-electron chi connectivity index (χ3n) is 2.17. The molecule has 0 saturated carbocycles. The molecular weight excluding hydrogens is 154 g/mol. The molecule has 0 unspecified atom stereocenters. The predicted octanol–water partition coefficient (Wildman–Crippen LogP) is 1.04. The fourth-order valence-electron chi connectivity index (χ4n) is 1.24. The van der Waals surface area contributed by atoms with Gasteiger partial charge < -0.3 is 15.6 Å². The largest absolute Gasteiger partial charge is 0.396 e. The molecule has 2 atom stereocenters. The van der Waals surface area contributed by atoms with E-state index in [9.17, 15) is 5.11 Å². The maximum absolute atomic E-state index is 9.55. The van der Waals surface area contributed by atoms with Crippen molar-refractivity contribution < 1.29 is 10.2 Å². The molecule has 3 nitrogen and oxygen atoms in total. The van der Waals surface area contributed by atoms with E-state index in [1.165, 1.54) is 6.21 Å². The molecule has 0 rings (SSSR count). The molecule has 3 N–H and O–H groups in total. The molecule has 0 fully saturated rings. The lowest BCUT2D eigenvalue weighted by Gasteiger charge is -2.23. The molecule has 0 radical (unpaired) electrons. The van der Waals surface area contributed by atoms with E-state index in [1.54, 1.807) is 0 Å².